The lowest BCUT2D eigenvalue weighted by molar-refractivity contribution is -0.117. The first-order chi connectivity index (χ1) is 14.7. The van der Waals surface area contributed by atoms with Gasteiger partial charge in [-0.05, 0) is 43.2 Å². The van der Waals surface area contributed by atoms with E-state index in [-0.39, 0.29) is 17.9 Å². The molecule has 8 nitrogen and oxygen atoms in total. The number of carbonyl (C=O) groups is 2. The molecule has 1 saturated heterocycles. The van der Waals surface area contributed by atoms with Crippen molar-refractivity contribution in [1.29, 1.82) is 0 Å². The molecular weight excluding hydrogens is 380 g/mol. The number of carbonyl (C=O) groups excluding carboxylic acids is 2. The zero-order valence-electron chi connectivity index (χ0n) is 16.6. The third kappa shape index (κ3) is 5.09. The van der Waals surface area contributed by atoms with E-state index in [9.17, 15) is 9.59 Å². The summed E-state index contributed by atoms with van der Waals surface area (Å²) in [5, 5.41) is 10.1. The predicted octanol–water partition coefficient (Wildman–Crippen LogP) is 2.10. The molecule has 0 saturated carbocycles. The van der Waals surface area contributed by atoms with Gasteiger partial charge in [0.05, 0.1) is 12.1 Å². The number of hydrogen-bond acceptors (Lipinski definition) is 5. The normalized spacial score (nSPS) is 14.9. The number of benzene rings is 1. The molecule has 0 atom stereocenters. The number of nitrogens with zero attached hydrogens (tertiary/aromatic N) is 4. The van der Waals surface area contributed by atoms with E-state index in [0.717, 1.165) is 31.6 Å². The van der Waals surface area contributed by atoms with E-state index in [1.165, 1.54) is 0 Å². The van der Waals surface area contributed by atoms with Crippen LogP contribution in [0.3, 0.4) is 0 Å². The van der Waals surface area contributed by atoms with Crippen molar-refractivity contribution in [2.75, 3.05) is 25.0 Å². The SMILES string of the molecule is O=C(CN1CCC(NC(=O)c2ccc(-n3cccn3)nc2)CC1)Nc1ccccc1. The number of pyridine rings is 1. The molecule has 3 aromatic rings. The molecule has 2 aromatic heterocycles. The van der Waals surface area contributed by atoms with Gasteiger partial charge < -0.3 is 10.6 Å². The Labute approximate surface area is 174 Å². The Bertz CT molecular complexity index is 965. The second-order valence-corrected chi connectivity index (χ2v) is 7.29. The molecule has 1 aromatic carbocycles. The summed E-state index contributed by atoms with van der Waals surface area (Å²) in [4.78, 5) is 31.1. The highest BCUT2D eigenvalue weighted by Crippen LogP contribution is 2.12. The highest BCUT2D eigenvalue weighted by molar-refractivity contribution is 5.94. The molecule has 0 aliphatic carbocycles. The molecule has 1 aliphatic rings. The quantitative estimate of drug-likeness (QED) is 0.656. The standard InChI is InChI=1S/C22H24N6O2/c29-21(25-18-5-2-1-3-6-18)16-27-13-9-19(10-14-27)26-22(30)17-7-8-20(23-15-17)28-12-4-11-24-28/h1-8,11-12,15,19H,9-10,13-14,16H2,(H,25,29)(H,26,30). The zero-order chi connectivity index (χ0) is 20.8. The smallest absolute Gasteiger partial charge is 0.253 e. The molecule has 1 aliphatic heterocycles. The molecule has 30 heavy (non-hydrogen) atoms. The zero-order valence-corrected chi connectivity index (χ0v) is 16.6. The minimum atomic E-state index is -0.130. The van der Waals surface area contributed by atoms with Gasteiger partial charge in [-0.2, -0.15) is 5.10 Å². The minimum Gasteiger partial charge on any atom is -0.349 e. The first-order valence-corrected chi connectivity index (χ1v) is 10.0. The van der Waals surface area contributed by atoms with Gasteiger partial charge in [-0.3, -0.25) is 14.5 Å². The van der Waals surface area contributed by atoms with Crippen molar-refractivity contribution < 1.29 is 9.59 Å². The Hall–Kier alpha value is -3.52. The lowest BCUT2D eigenvalue weighted by Crippen LogP contribution is -2.46. The third-order valence-electron chi connectivity index (χ3n) is 5.10. The summed E-state index contributed by atoms with van der Waals surface area (Å²) in [5.74, 6) is 0.514. The third-order valence-corrected chi connectivity index (χ3v) is 5.10. The van der Waals surface area contributed by atoms with Gasteiger partial charge >= 0.3 is 0 Å². The van der Waals surface area contributed by atoms with E-state index in [1.807, 2.05) is 36.4 Å². The molecule has 8 heteroatoms. The van der Waals surface area contributed by atoms with Crippen LogP contribution in [0.25, 0.3) is 5.82 Å². The molecule has 154 valence electrons. The van der Waals surface area contributed by atoms with Gasteiger partial charge in [0.1, 0.15) is 0 Å². The van der Waals surface area contributed by atoms with E-state index in [4.69, 9.17) is 0 Å². The number of nitrogens with one attached hydrogen (secondary N) is 2. The van der Waals surface area contributed by atoms with Crippen molar-refractivity contribution in [2.24, 2.45) is 0 Å². The van der Waals surface area contributed by atoms with Crippen LogP contribution in [0.4, 0.5) is 5.69 Å². The van der Waals surface area contributed by atoms with Crippen LogP contribution in [-0.2, 0) is 4.79 Å². The van der Waals surface area contributed by atoms with Gasteiger partial charge in [0.25, 0.3) is 5.91 Å². The van der Waals surface area contributed by atoms with Gasteiger partial charge in [0.2, 0.25) is 5.91 Å². The van der Waals surface area contributed by atoms with Gasteiger partial charge in [-0.25, -0.2) is 9.67 Å². The second-order valence-electron chi connectivity index (χ2n) is 7.29. The summed E-state index contributed by atoms with van der Waals surface area (Å²) in [6.07, 6.45) is 6.66. The van der Waals surface area contributed by atoms with Gasteiger partial charge in [-0.1, -0.05) is 18.2 Å². The summed E-state index contributed by atoms with van der Waals surface area (Å²) in [7, 11) is 0. The number of amides is 2. The van der Waals surface area contributed by atoms with E-state index in [1.54, 1.807) is 35.4 Å². The van der Waals surface area contributed by atoms with Gasteiger partial charge in [0.15, 0.2) is 5.82 Å². The maximum Gasteiger partial charge on any atom is 0.253 e. The van der Waals surface area contributed by atoms with Crippen molar-refractivity contribution in [1.82, 2.24) is 25.0 Å². The number of rotatable bonds is 6. The van der Waals surface area contributed by atoms with Crippen molar-refractivity contribution in [3.05, 3.63) is 72.7 Å². The van der Waals surface area contributed by atoms with Crippen molar-refractivity contribution >= 4 is 17.5 Å². The van der Waals surface area contributed by atoms with Crippen LogP contribution in [0.2, 0.25) is 0 Å². The highest BCUT2D eigenvalue weighted by atomic mass is 16.2. The summed E-state index contributed by atoms with van der Waals surface area (Å²) in [6, 6.07) is 14.9. The lowest BCUT2D eigenvalue weighted by Gasteiger charge is -2.31. The van der Waals surface area contributed by atoms with Crippen molar-refractivity contribution in [3.63, 3.8) is 0 Å². The number of anilines is 1. The number of aromatic nitrogens is 3. The molecular formula is C22H24N6O2. The topological polar surface area (TPSA) is 92.2 Å². The van der Waals surface area contributed by atoms with E-state index in [2.05, 4.69) is 25.6 Å². The van der Waals surface area contributed by atoms with Gasteiger partial charge in [0, 0.05) is 43.4 Å². The first-order valence-electron chi connectivity index (χ1n) is 10.0. The molecule has 3 heterocycles. The van der Waals surface area contributed by atoms with Crippen molar-refractivity contribution in [3.8, 4) is 5.82 Å². The van der Waals surface area contributed by atoms with Crippen LogP contribution in [0.15, 0.2) is 67.1 Å². The first kappa shape index (κ1) is 19.8. The highest BCUT2D eigenvalue weighted by Gasteiger charge is 2.22. The Balaban J connectivity index is 1.22. The second kappa shape index (κ2) is 9.32. The summed E-state index contributed by atoms with van der Waals surface area (Å²) in [5.41, 5.74) is 1.33. The number of likely N-dealkylation sites (tertiary alicyclic amines) is 1. The van der Waals surface area contributed by atoms with Crippen LogP contribution >= 0.6 is 0 Å². The molecule has 1 fully saturated rings. The van der Waals surface area contributed by atoms with Crippen LogP contribution < -0.4 is 10.6 Å². The average Bonchev–Trinajstić information content (AvgIpc) is 3.31. The average molecular weight is 404 g/mol. The maximum atomic E-state index is 12.5. The molecule has 2 amide bonds. The Kier molecular flexibility index (Phi) is 6.14. The molecule has 0 bridgehead atoms. The molecule has 0 spiro atoms. The van der Waals surface area contributed by atoms with Crippen molar-refractivity contribution in [2.45, 2.75) is 18.9 Å². The minimum absolute atomic E-state index is 0.0213. The van der Waals surface area contributed by atoms with E-state index < -0.39 is 0 Å². The largest absolute Gasteiger partial charge is 0.349 e. The Morgan fingerprint density at radius 3 is 2.50 bits per heavy atom. The number of piperidine rings is 1. The number of hydrogen-bond donors (Lipinski definition) is 2. The van der Waals surface area contributed by atoms with E-state index >= 15 is 0 Å². The molecule has 2 N–H and O–H groups in total. The van der Waals surface area contributed by atoms with Gasteiger partial charge in [-0.15, -0.1) is 0 Å². The fraction of sp³-hybridized carbons (Fsp3) is 0.273. The molecule has 0 unspecified atom stereocenters. The fourth-order valence-electron chi connectivity index (χ4n) is 3.49. The molecule has 0 radical (unpaired) electrons. The monoisotopic (exact) mass is 404 g/mol. The van der Waals surface area contributed by atoms with E-state index in [0.29, 0.717) is 17.9 Å². The van der Waals surface area contributed by atoms with Crippen LogP contribution in [0.5, 0.6) is 0 Å². The summed E-state index contributed by atoms with van der Waals surface area (Å²) < 4.78 is 1.64. The van der Waals surface area contributed by atoms with Crippen LogP contribution in [-0.4, -0.2) is 57.2 Å². The summed E-state index contributed by atoms with van der Waals surface area (Å²) >= 11 is 0. The predicted molar refractivity (Wildman–Crippen MR) is 113 cm³/mol. The van der Waals surface area contributed by atoms with Crippen LogP contribution in [0, 0.1) is 0 Å². The Morgan fingerprint density at radius 2 is 1.83 bits per heavy atom. The summed E-state index contributed by atoms with van der Waals surface area (Å²) in [6.45, 7) is 1.89. The maximum absolute atomic E-state index is 12.5. The lowest BCUT2D eigenvalue weighted by atomic mass is 10.0. The number of para-hydroxylation sites is 1. The van der Waals surface area contributed by atoms with Crippen LogP contribution in [0.1, 0.15) is 23.2 Å². The Morgan fingerprint density at radius 1 is 1.03 bits per heavy atom. The molecule has 4 rings (SSSR count). The fourth-order valence-corrected chi connectivity index (χ4v) is 3.49.